The summed E-state index contributed by atoms with van der Waals surface area (Å²) in [5.41, 5.74) is 11.3. The standard InChI is InChI=1S/C24H18/c1-2-8-17(9-3-1)19-12-6-13-21(19)23-15-7-14-22-20-11-5-4-10-18(20)16-24(22)23/h1-12,14-15H,13,16H2. The molecule has 0 bridgehead atoms. The molecule has 0 spiro atoms. The van der Waals surface area contributed by atoms with Crippen molar-refractivity contribution in [3.63, 3.8) is 0 Å². The normalized spacial score (nSPS) is 14.8. The van der Waals surface area contributed by atoms with Crippen LogP contribution in [-0.4, -0.2) is 0 Å². The van der Waals surface area contributed by atoms with Crippen LogP contribution in [0.4, 0.5) is 0 Å². The van der Waals surface area contributed by atoms with E-state index in [1.54, 1.807) is 0 Å². The van der Waals surface area contributed by atoms with Crippen molar-refractivity contribution in [2.75, 3.05) is 0 Å². The van der Waals surface area contributed by atoms with E-state index in [2.05, 4.69) is 84.9 Å². The van der Waals surface area contributed by atoms with Gasteiger partial charge in [-0.25, -0.2) is 0 Å². The van der Waals surface area contributed by atoms with Crippen molar-refractivity contribution in [3.05, 3.63) is 107 Å². The molecule has 0 saturated heterocycles. The quantitative estimate of drug-likeness (QED) is 0.418. The number of hydrogen-bond donors (Lipinski definition) is 0. The molecule has 3 aromatic carbocycles. The summed E-state index contributed by atoms with van der Waals surface area (Å²) < 4.78 is 0. The number of fused-ring (bicyclic) bond motifs is 3. The van der Waals surface area contributed by atoms with Crippen LogP contribution in [0.3, 0.4) is 0 Å². The minimum Gasteiger partial charge on any atom is -0.0795 e. The molecular weight excluding hydrogens is 288 g/mol. The van der Waals surface area contributed by atoms with Gasteiger partial charge in [0, 0.05) is 0 Å². The summed E-state index contributed by atoms with van der Waals surface area (Å²) in [7, 11) is 0. The maximum atomic E-state index is 2.30. The van der Waals surface area contributed by atoms with Gasteiger partial charge in [0.25, 0.3) is 0 Å². The molecule has 5 rings (SSSR count). The summed E-state index contributed by atoms with van der Waals surface area (Å²) in [6.45, 7) is 0. The number of benzene rings is 3. The summed E-state index contributed by atoms with van der Waals surface area (Å²) in [5, 5.41) is 0. The SMILES string of the molecule is C1=CC(c2ccccc2)=C(c2cccc3c2Cc2ccccc2-3)C1. The van der Waals surface area contributed by atoms with E-state index in [-0.39, 0.29) is 0 Å². The van der Waals surface area contributed by atoms with Gasteiger partial charge in [0.05, 0.1) is 0 Å². The Kier molecular flexibility index (Phi) is 3.02. The van der Waals surface area contributed by atoms with Gasteiger partial charge in [0.1, 0.15) is 0 Å². The lowest BCUT2D eigenvalue weighted by molar-refractivity contribution is 1.24. The molecule has 0 aromatic heterocycles. The first kappa shape index (κ1) is 13.6. The highest BCUT2D eigenvalue weighted by Crippen LogP contribution is 2.43. The Labute approximate surface area is 142 Å². The summed E-state index contributed by atoms with van der Waals surface area (Å²) in [5.74, 6) is 0. The van der Waals surface area contributed by atoms with Crippen LogP contribution in [0.15, 0.2) is 84.9 Å². The Bertz CT molecular complexity index is 988. The zero-order valence-electron chi connectivity index (χ0n) is 13.5. The van der Waals surface area contributed by atoms with Crippen molar-refractivity contribution < 1.29 is 0 Å². The van der Waals surface area contributed by atoms with E-state index < -0.39 is 0 Å². The van der Waals surface area contributed by atoms with Crippen LogP contribution >= 0.6 is 0 Å². The molecule has 0 nitrogen and oxygen atoms in total. The monoisotopic (exact) mass is 306 g/mol. The molecule has 0 aliphatic heterocycles. The third-order valence-electron chi connectivity index (χ3n) is 5.19. The van der Waals surface area contributed by atoms with Crippen LogP contribution in [0.1, 0.15) is 28.7 Å². The average Bonchev–Trinajstić information content (AvgIpc) is 3.27. The number of hydrogen-bond acceptors (Lipinski definition) is 0. The maximum Gasteiger partial charge on any atom is -0.000740 e. The fourth-order valence-corrected chi connectivity index (χ4v) is 4.09. The topological polar surface area (TPSA) is 0 Å². The lowest BCUT2D eigenvalue weighted by Gasteiger charge is -2.13. The predicted octanol–water partition coefficient (Wildman–Crippen LogP) is 6.13. The van der Waals surface area contributed by atoms with Gasteiger partial charge in [-0.05, 0) is 57.4 Å². The Morgan fingerprint density at radius 1 is 0.625 bits per heavy atom. The van der Waals surface area contributed by atoms with Gasteiger partial charge in [0.15, 0.2) is 0 Å². The molecule has 2 aliphatic rings. The van der Waals surface area contributed by atoms with Crippen LogP contribution < -0.4 is 0 Å². The molecule has 0 radical (unpaired) electrons. The van der Waals surface area contributed by atoms with Gasteiger partial charge in [-0.3, -0.25) is 0 Å². The predicted molar refractivity (Wildman–Crippen MR) is 102 cm³/mol. The average molecular weight is 306 g/mol. The maximum absolute atomic E-state index is 2.30. The highest BCUT2D eigenvalue weighted by Gasteiger charge is 2.23. The number of allylic oxidation sites excluding steroid dienone is 4. The van der Waals surface area contributed by atoms with Gasteiger partial charge < -0.3 is 0 Å². The lowest BCUT2D eigenvalue weighted by atomic mass is 9.91. The van der Waals surface area contributed by atoms with Crippen molar-refractivity contribution >= 4 is 11.1 Å². The molecule has 24 heavy (non-hydrogen) atoms. The molecule has 0 heteroatoms. The zero-order chi connectivity index (χ0) is 15.9. The van der Waals surface area contributed by atoms with Crippen molar-refractivity contribution in [1.29, 1.82) is 0 Å². The molecule has 0 saturated carbocycles. The Morgan fingerprint density at radius 2 is 1.38 bits per heavy atom. The third-order valence-corrected chi connectivity index (χ3v) is 5.19. The van der Waals surface area contributed by atoms with Gasteiger partial charge in [-0.2, -0.15) is 0 Å². The lowest BCUT2D eigenvalue weighted by Crippen LogP contribution is -1.93. The second-order valence-electron chi connectivity index (χ2n) is 6.53. The van der Waals surface area contributed by atoms with Crippen LogP contribution in [0.2, 0.25) is 0 Å². The second-order valence-corrected chi connectivity index (χ2v) is 6.53. The summed E-state index contributed by atoms with van der Waals surface area (Å²) in [6.07, 6.45) is 6.65. The highest BCUT2D eigenvalue weighted by atomic mass is 14.3. The third kappa shape index (κ3) is 2.00. The van der Waals surface area contributed by atoms with Gasteiger partial charge in [-0.15, -0.1) is 0 Å². The summed E-state index contributed by atoms with van der Waals surface area (Å²) in [6, 6.07) is 26.3. The summed E-state index contributed by atoms with van der Waals surface area (Å²) in [4.78, 5) is 0. The minimum atomic E-state index is 1.02. The highest BCUT2D eigenvalue weighted by molar-refractivity contribution is 6.00. The van der Waals surface area contributed by atoms with Crippen LogP contribution in [0.5, 0.6) is 0 Å². The van der Waals surface area contributed by atoms with Crippen molar-refractivity contribution in [1.82, 2.24) is 0 Å². The molecule has 0 atom stereocenters. The number of rotatable bonds is 2. The van der Waals surface area contributed by atoms with Crippen LogP contribution in [0.25, 0.3) is 22.3 Å². The molecule has 0 heterocycles. The van der Waals surface area contributed by atoms with Gasteiger partial charge in [0.2, 0.25) is 0 Å². The first-order valence-electron chi connectivity index (χ1n) is 8.57. The van der Waals surface area contributed by atoms with Crippen molar-refractivity contribution in [2.24, 2.45) is 0 Å². The van der Waals surface area contributed by atoms with E-state index in [0.717, 1.165) is 12.8 Å². The molecular formula is C24H18. The van der Waals surface area contributed by atoms with E-state index in [4.69, 9.17) is 0 Å². The van der Waals surface area contributed by atoms with Crippen molar-refractivity contribution in [3.8, 4) is 11.1 Å². The molecule has 0 fully saturated rings. The fraction of sp³-hybridized carbons (Fsp3) is 0.0833. The van der Waals surface area contributed by atoms with Crippen LogP contribution in [0, 0.1) is 0 Å². The summed E-state index contributed by atoms with van der Waals surface area (Å²) >= 11 is 0. The largest absolute Gasteiger partial charge is 0.0795 e. The van der Waals surface area contributed by atoms with E-state index in [1.165, 1.54) is 44.5 Å². The van der Waals surface area contributed by atoms with Crippen LogP contribution in [-0.2, 0) is 6.42 Å². The minimum absolute atomic E-state index is 1.02. The Hall–Kier alpha value is -2.86. The second kappa shape index (κ2) is 5.35. The Morgan fingerprint density at radius 3 is 2.29 bits per heavy atom. The van der Waals surface area contributed by atoms with E-state index in [0.29, 0.717) is 0 Å². The van der Waals surface area contributed by atoms with Crippen molar-refractivity contribution in [2.45, 2.75) is 12.8 Å². The van der Waals surface area contributed by atoms with E-state index in [9.17, 15) is 0 Å². The van der Waals surface area contributed by atoms with Gasteiger partial charge >= 0.3 is 0 Å². The fourth-order valence-electron chi connectivity index (χ4n) is 4.09. The smallest absolute Gasteiger partial charge is 0.000740 e. The molecule has 0 amide bonds. The molecule has 0 unspecified atom stereocenters. The first-order valence-corrected chi connectivity index (χ1v) is 8.57. The molecule has 114 valence electrons. The molecule has 2 aliphatic carbocycles. The van der Waals surface area contributed by atoms with E-state index >= 15 is 0 Å². The molecule has 0 N–H and O–H groups in total. The first-order chi connectivity index (χ1) is 11.9. The van der Waals surface area contributed by atoms with Gasteiger partial charge in [-0.1, -0.05) is 84.9 Å². The van der Waals surface area contributed by atoms with E-state index in [1.807, 2.05) is 0 Å². The Balaban J connectivity index is 1.70. The zero-order valence-corrected chi connectivity index (χ0v) is 13.5. The molecule has 3 aromatic rings.